The molecule has 1 atom stereocenters. The summed E-state index contributed by atoms with van der Waals surface area (Å²) in [6, 6.07) is 8.00. The van der Waals surface area contributed by atoms with E-state index in [0.29, 0.717) is 6.61 Å². The normalized spacial score (nSPS) is 21.0. The highest BCUT2D eigenvalue weighted by Crippen LogP contribution is 2.38. The summed E-state index contributed by atoms with van der Waals surface area (Å²) >= 11 is 0. The van der Waals surface area contributed by atoms with E-state index in [1.807, 2.05) is 38.1 Å². The minimum absolute atomic E-state index is 0.132. The Bertz CT molecular complexity index is 671. The molecule has 0 aliphatic carbocycles. The quantitative estimate of drug-likeness (QED) is 0.326. The molecule has 1 saturated heterocycles. The standard InChI is InChI=1S/C25H38O4/c1-20(12-17-23-24(2,3)29-25(4,5)28-23)11-9-7-8-10-18-27-19-21-13-15-22(26-6)16-14-21/h7,9,11,13-16,23H,8,10,12,17-19H2,1-6H3/b9-7-,20-11+. The van der Waals surface area contributed by atoms with Crippen LogP contribution in [-0.2, 0) is 20.8 Å². The Kier molecular flexibility index (Phi) is 8.94. The number of ether oxygens (including phenoxy) is 4. The van der Waals surface area contributed by atoms with Crippen molar-refractivity contribution in [2.24, 2.45) is 0 Å². The van der Waals surface area contributed by atoms with Crippen LogP contribution in [0.1, 0.15) is 65.9 Å². The van der Waals surface area contributed by atoms with Gasteiger partial charge in [-0.3, -0.25) is 0 Å². The second-order valence-corrected chi connectivity index (χ2v) is 8.73. The van der Waals surface area contributed by atoms with Crippen molar-refractivity contribution in [2.75, 3.05) is 13.7 Å². The summed E-state index contributed by atoms with van der Waals surface area (Å²) < 4.78 is 22.9. The molecule has 0 saturated carbocycles. The second-order valence-electron chi connectivity index (χ2n) is 8.73. The maximum Gasteiger partial charge on any atom is 0.164 e. The van der Waals surface area contributed by atoms with Crippen LogP contribution >= 0.6 is 0 Å². The fourth-order valence-corrected chi connectivity index (χ4v) is 3.60. The Morgan fingerprint density at radius 1 is 1.14 bits per heavy atom. The minimum Gasteiger partial charge on any atom is -0.497 e. The summed E-state index contributed by atoms with van der Waals surface area (Å²) in [4.78, 5) is 0. The molecule has 1 aromatic carbocycles. The first-order chi connectivity index (χ1) is 13.7. The summed E-state index contributed by atoms with van der Waals surface area (Å²) in [6.07, 6.45) is 10.7. The lowest BCUT2D eigenvalue weighted by atomic mass is 9.96. The minimum atomic E-state index is -0.485. The number of rotatable bonds is 11. The lowest BCUT2D eigenvalue weighted by Gasteiger charge is -2.23. The SMILES string of the molecule is COc1ccc(COCCC/C=C\C=C(/C)CCC2OC(C)(C)OC2(C)C)cc1. The summed E-state index contributed by atoms with van der Waals surface area (Å²) in [5.74, 6) is 0.389. The molecule has 0 radical (unpaired) electrons. The number of unbranched alkanes of at least 4 members (excludes halogenated alkanes) is 1. The van der Waals surface area contributed by atoms with Crippen molar-refractivity contribution in [1.29, 1.82) is 0 Å². The van der Waals surface area contributed by atoms with Crippen molar-refractivity contribution in [2.45, 2.75) is 84.4 Å². The van der Waals surface area contributed by atoms with Gasteiger partial charge in [0.2, 0.25) is 0 Å². The summed E-state index contributed by atoms with van der Waals surface area (Å²) in [5.41, 5.74) is 2.30. The third-order valence-electron chi connectivity index (χ3n) is 5.12. The molecule has 0 spiro atoms. The summed E-state index contributed by atoms with van der Waals surface area (Å²) in [7, 11) is 1.68. The molecule has 1 aliphatic rings. The summed E-state index contributed by atoms with van der Waals surface area (Å²) in [5, 5.41) is 0. The average molecular weight is 403 g/mol. The number of methoxy groups -OCH3 is 1. The molecule has 1 heterocycles. The molecule has 0 amide bonds. The van der Waals surface area contributed by atoms with E-state index in [-0.39, 0.29) is 11.7 Å². The van der Waals surface area contributed by atoms with Crippen molar-refractivity contribution < 1.29 is 18.9 Å². The molecular formula is C25H38O4. The third-order valence-corrected chi connectivity index (χ3v) is 5.12. The van der Waals surface area contributed by atoms with Gasteiger partial charge in [-0.15, -0.1) is 0 Å². The van der Waals surface area contributed by atoms with Crippen molar-refractivity contribution in [3.63, 3.8) is 0 Å². The van der Waals surface area contributed by atoms with Crippen LogP contribution in [0.5, 0.6) is 5.75 Å². The van der Waals surface area contributed by atoms with Crippen LogP contribution in [0.3, 0.4) is 0 Å². The van der Waals surface area contributed by atoms with Crippen molar-refractivity contribution >= 4 is 0 Å². The maximum absolute atomic E-state index is 6.05. The molecular weight excluding hydrogens is 364 g/mol. The molecule has 29 heavy (non-hydrogen) atoms. The van der Waals surface area contributed by atoms with E-state index < -0.39 is 5.79 Å². The lowest BCUT2D eigenvalue weighted by Crippen LogP contribution is -2.33. The molecule has 2 rings (SSSR count). The zero-order valence-electron chi connectivity index (χ0n) is 19.0. The Balaban J connectivity index is 1.58. The van der Waals surface area contributed by atoms with Gasteiger partial charge in [0.25, 0.3) is 0 Å². The largest absolute Gasteiger partial charge is 0.497 e. The molecule has 1 fully saturated rings. The fraction of sp³-hybridized carbons (Fsp3) is 0.600. The monoisotopic (exact) mass is 402 g/mol. The second kappa shape index (κ2) is 11.0. The highest BCUT2D eigenvalue weighted by molar-refractivity contribution is 5.26. The zero-order valence-corrected chi connectivity index (χ0v) is 19.0. The summed E-state index contributed by atoms with van der Waals surface area (Å²) in [6.45, 7) is 11.8. The van der Waals surface area contributed by atoms with Gasteiger partial charge < -0.3 is 18.9 Å². The molecule has 1 unspecified atom stereocenters. The Labute approximate surface area is 176 Å². The van der Waals surface area contributed by atoms with Crippen LogP contribution in [-0.4, -0.2) is 31.2 Å². The van der Waals surface area contributed by atoms with E-state index in [2.05, 4.69) is 39.0 Å². The van der Waals surface area contributed by atoms with Crippen LogP contribution in [0.15, 0.2) is 48.1 Å². The average Bonchev–Trinajstić information content (AvgIpc) is 2.89. The Hall–Kier alpha value is -1.62. The van der Waals surface area contributed by atoms with Crippen LogP contribution in [0.2, 0.25) is 0 Å². The Morgan fingerprint density at radius 2 is 1.86 bits per heavy atom. The first kappa shape index (κ1) is 23.7. The van der Waals surface area contributed by atoms with Gasteiger partial charge in [-0.1, -0.05) is 35.9 Å². The smallest absolute Gasteiger partial charge is 0.164 e. The molecule has 1 aromatic rings. The van der Waals surface area contributed by atoms with Crippen LogP contribution in [0.25, 0.3) is 0 Å². The molecule has 4 heteroatoms. The van der Waals surface area contributed by atoms with E-state index in [1.165, 1.54) is 11.1 Å². The molecule has 4 nitrogen and oxygen atoms in total. The Morgan fingerprint density at radius 3 is 2.48 bits per heavy atom. The zero-order chi connectivity index (χ0) is 21.3. The van der Waals surface area contributed by atoms with Crippen molar-refractivity contribution in [3.05, 3.63) is 53.6 Å². The van der Waals surface area contributed by atoms with Gasteiger partial charge in [0.05, 0.1) is 25.4 Å². The van der Waals surface area contributed by atoms with E-state index >= 15 is 0 Å². The van der Waals surface area contributed by atoms with Gasteiger partial charge in [0.15, 0.2) is 5.79 Å². The maximum atomic E-state index is 6.05. The van der Waals surface area contributed by atoms with Gasteiger partial charge in [0, 0.05) is 6.61 Å². The van der Waals surface area contributed by atoms with E-state index in [9.17, 15) is 0 Å². The number of hydrogen-bond acceptors (Lipinski definition) is 4. The topological polar surface area (TPSA) is 36.9 Å². The molecule has 1 aliphatic heterocycles. The van der Waals surface area contributed by atoms with Crippen LogP contribution in [0.4, 0.5) is 0 Å². The highest BCUT2D eigenvalue weighted by Gasteiger charge is 2.46. The van der Waals surface area contributed by atoms with Crippen molar-refractivity contribution in [3.8, 4) is 5.75 Å². The third kappa shape index (κ3) is 8.33. The number of benzene rings is 1. The van der Waals surface area contributed by atoms with Gasteiger partial charge in [-0.25, -0.2) is 0 Å². The first-order valence-corrected chi connectivity index (χ1v) is 10.6. The highest BCUT2D eigenvalue weighted by atomic mass is 16.8. The van der Waals surface area contributed by atoms with E-state index in [0.717, 1.165) is 38.0 Å². The fourth-order valence-electron chi connectivity index (χ4n) is 3.60. The predicted molar refractivity (Wildman–Crippen MR) is 118 cm³/mol. The van der Waals surface area contributed by atoms with Crippen LogP contribution in [0, 0.1) is 0 Å². The molecule has 162 valence electrons. The lowest BCUT2D eigenvalue weighted by molar-refractivity contribution is -0.157. The predicted octanol–water partition coefficient (Wildman–Crippen LogP) is 6.20. The molecule has 0 aromatic heterocycles. The van der Waals surface area contributed by atoms with E-state index in [1.54, 1.807) is 7.11 Å². The first-order valence-electron chi connectivity index (χ1n) is 10.6. The number of hydrogen-bond donors (Lipinski definition) is 0. The van der Waals surface area contributed by atoms with Crippen molar-refractivity contribution in [1.82, 2.24) is 0 Å². The van der Waals surface area contributed by atoms with Crippen LogP contribution < -0.4 is 4.74 Å². The molecule has 0 N–H and O–H groups in total. The number of allylic oxidation sites excluding steroid dienone is 4. The molecule has 0 bridgehead atoms. The van der Waals surface area contributed by atoms with E-state index in [4.69, 9.17) is 18.9 Å². The van der Waals surface area contributed by atoms with Gasteiger partial charge in [-0.2, -0.15) is 0 Å². The van der Waals surface area contributed by atoms with Gasteiger partial charge in [0.1, 0.15) is 5.75 Å². The van der Waals surface area contributed by atoms with Gasteiger partial charge >= 0.3 is 0 Å². The van der Waals surface area contributed by atoms with Gasteiger partial charge in [-0.05, 0) is 78.0 Å².